The third-order valence-corrected chi connectivity index (χ3v) is 6.37. The van der Waals surface area contributed by atoms with E-state index < -0.39 is 17.7 Å². The lowest BCUT2D eigenvalue weighted by atomic mass is 9.86. The number of carbonyl (C=O) groups excluding carboxylic acids is 3. The van der Waals surface area contributed by atoms with Gasteiger partial charge in [0, 0.05) is 37.9 Å². The summed E-state index contributed by atoms with van der Waals surface area (Å²) in [6.45, 7) is 3.82. The van der Waals surface area contributed by atoms with Crippen molar-refractivity contribution in [3.8, 4) is 11.4 Å². The number of hydrogen-bond donors (Lipinski definition) is 0. The van der Waals surface area contributed by atoms with Crippen molar-refractivity contribution in [3.05, 3.63) is 82.7 Å². The number of ketones is 2. The molecule has 1 aliphatic rings. The molecule has 0 spiro atoms. The maximum absolute atomic E-state index is 13.4. The summed E-state index contributed by atoms with van der Waals surface area (Å²) in [6.07, 6.45) is 2.09. The first-order chi connectivity index (χ1) is 16.6. The zero-order chi connectivity index (χ0) is 25.3. The van der Waals surface area contributed by atoms with Crippen LogP contribution in [0.15, 0.2) is 48.8 Å². The molecule has 0 bridgehead atoms. The second kappa shape index (κ2) is 9.82. The van der Waals surface area contributed by atoms with Crippen LogP contribution in [0.5, 0.6) is 0 Å². The van der Waals surface area contributed by atoms with E-state index in [-0.39, 0.29) is 42.7 Å². The molecule has 2 unspecified atom stereocenters. The lowest BCUT2D eigenvalue weighted by Gasteiger charge is -2.20. The normalized spacial score (nSPS) is 17.6. The SMILES string of the molecule is Cc1cc(-c2ncc(F)cn2)cc(C)c1C1C(=O)CC(CC(=O)N(C)Cc2cccc(F)c2)C1=O. The van der Waals surface area contributed by atoms with Gasteiger partial charge in [-0.15, -0.1) is 0 Å². The maximum Gasteiger partial charge on any atom is 0.223 e. The fourth-order valence-electron chi connectivity index (χ4n) is 4.72. The van der Waals surface area contributed by atoms with Gasteiger partial charge in [-0.2, -0.15) is 0 Å². The fourth-order valence-corrected chi connectivity index (χ4v) is 4.72. The van der Waals surface area contributed by atoms with Crippen LogP contribution in [0.4, 0.5) is 8.78 Å². The van der Waals surface area contributed by atoms with Crippen LogP contribution in [0.1, 0.15) is 41.0 Å². The Labute approximate surface area is 202 Å². The lowest BCUT2D eigenvalue weighted by Crippen LogP contribution is -2.29. The van der Waals surface area contributed by atoms with E-state index in [1.54, 1.807) is 45.2 Å². The number of aromatic nitrogens is 2. The summed E-state index contributed by atoms with van der Waals surface area (Å²) < 4.78 is 26.6. The predicted molar refractivity (Wildman–Crippen MR) is 125 cm³/mol. The summed E-state index contributed by atoms with van der Waals surface area (Å²) in [5.41, 5.74) is 3.40. The topological polar surface area (TPSA) is 80.2 Å². The number of carbonyl (C=O) groups is 3. The van der Waals surface area contributed by atoms with E-state index in [4.69, 9.17) is 0 Å². The van der Waals surface area contributed by atoms with Crippen molar-refractivity contribution in [1.29, 1.82) is 0 Å². The average molecular weight is 478 g/mol. The number of rotatable bonds is 6. The molecule has 0 aliphatic heterocycles. The Bertz CT molecular complexity index is 1280. The Kier molecular flexibility index (Phi) is 6.82. The molecule has 35 heavy (non-hydrogen) atoms. The minimum atomic E-state index is -0.926. The molecule has 8 heteroatoms. The van der Waals surface area contributed by atoms with Gasteiger partial charge < -0.3 is 4.90 Å². The van der Waals surface area contributed by atoms with Crippen molar-refractivity contribution in [1.82, 2.24) is 14.9 Å². The molecule has 4 rings (SSSR count). The van der Waals surface area contributed by atoms with Crippen LogP contribution in [0.25, 0.3) is 11.4 Å². The van der Waals surface area contributed by atoms with Crippen LogP contribution in [-0.4, -0.2) is 39.4 Å². The monoisotopic (exact) mass is 477 g/mol. The fraction of sp³-hybridized carbons (Fsp3) is 0.296. The van der Waals surface area contributed by atoms with Gasteiger partial charge in [-0.1, -0.05) is 12.1 Å². The molecule has 0 N–H and O–H groups in total. The average Bonchev–Trinajstić information content (AvgIpc) is 3.06. The van der Waals surface area contributed by atoms with E-state index in [0.717, 1.165) is 23.5 Å². The third-order valence-electron chi connectivity index (χ3n) is 6.37. The maximum atomic E-state index is 13.4. The number of Topliss-reactive ketones (excluding diaryl/α,β-unsaturated/α-hetero) is 2. The molecule has 3 aromatic rings. The van der Waals surface area contributed by atoms with Crippen molar-refractivity contribution in [2.24, 2.45) is 5.92 Å². The number of halogens is 2. The number of amides is 1. The van der Waals surface area contributed by atoms with E-state index >= 15 is 0 Å². The van der Waals surface area contributed by atoms with Gasteiger partial charge in [-0.25, -0.2) is 18.7 Å². The first-order valence-corrected chi connectivity index (χ1v) is 11.3. The second-order valence-electron chi connectivity index (χ2n) is 9.04. The van der Waals surface area contributed by atoms with E-state index in [2.05, 4.69) is 9.97 Å². The smallest absolute Gasteiger partial charge is 0.223 e. The highest BCUT2D eigenvalue weighted by Crippen LogP contribution is 2.38. The van der Waals surface area contributed by atoms with Gasteiger partial charge in [-0.3, -0.25) is 14.4 Å². The van der Waals surface area contributed by atoms with Crippen molar-refractivity contribution in [2.75, 3.05) is 7.05 Å². The van der Waals surface area contributed by atoms with Gasteiger partial charge in [-0.05, 0) is 60.4 Å². The summed E-state index contributed by atoms with van der Waals surface area (Å²) in [5, 5.41) is 0. The first kappa shape index (κ1) is 24.3. The molecule has 1 fully saturated rings. The Morgan fingerprint density at radius 1 is 1.03 bits per heavy atom. The summed E-state index contributed by atoms with van der Waals surface area (Å²) >= 11 is 0. The standard InChI is InChI=1S/C27H25F2N3O3/c1-15-7-19(27-30-12-21(29)13-31-27)8-16(2)24(15)25-22(33)10-18(26(25)35)11-23(34)32(3)14-17-5-4-6-20(28)9-17/h4-9,12-13,18,25H,10-11,14H2,1-3H3. The number of benzene rings is 2. The van der Waals surface area contributed by atoms with Crippen molar-refractivity contribution < 1.29 is 23.2 Å². The minimum Gasteiger partial charge on any atom is -0.341 e. The van der Waals surface area contributed by atoms with Crippen molar-refractivity contribution in [2.45, 2.75) is 39.2 Å². The molecule has 1 heterocycles. The minimum absolute atomic E-state index is 0.00471. The predicted octanol–water partition coefficient (Wildman–Crippen LogP) is 4.33. The zero-order valence-corrected chi connectivity index (χ0v) is 19.7. The van der Waals surface area contributed by atoms with E-state index in [1.165, 1.54) is 17.0 Å². The van der Waals surface area contributed by atoms with Crippen molar-refractivity contribution >= 4 is 17.5 Å². The van der Waals surface area contributed by atoms with Gasteiger partial charge >= 0.3 is 0 Å². The van der Waals surface area contributed by atoms with Crippen molar-refractivity contribution in [3.63, 3.8) is 0 Å². The lowest BCUT2D eigenvalue weighted by molar-refractivity contribution is -0.134. The van der Waals surface area contributed by atoms with Gasteiger partial charge in [0.15, 0.2) is 17.4 Å². The summed E-state index contributed by atoms with van der Waals surface area (Å²) in [4.78, 5) is 48.4. The third kappa shape index (κ3) is 5.16. The van der Waals surface area contributed by atoms with E-state index in [0.29, 0.717) is 22.5 Å². The molecule has 0 radical (unpaired) electrons. The summed E-state index contributed by atoms with van der Waals surface area (Å²) in [7, 11) is 1.59. The highest BCUT2D eigenvalue weighted by molar-refractivity contribution is 6.15. The van der Waals surface area contributed by atoms with Crippen LogP contribution in [0, 0.1) is 31.4 Å². The quantitative estimate of drug-likeness (QED) is 0.494. The highest BCUT2D eigenvalue weighted by atomic mass is 19.1. The molecule has 1 amide bonds. The molecule has 1 aliphatic carbocycles. The summed E-state index contributed by atoms with van der Waals surface area (Å²) in [5.74, 6) is -2.96. The molecule has 180 valence electrons. The molecule has 1 saturated carbocycles. The molecule has 0 saturated heterocycles. The molecule has 1 aromatic heterocycles. The van der Waals surface area contributed by atoms with Crippen LogP contribution in [0.3, 0.4) is 0 Å². The number of nitrogens with zero attached hydrogens (tertiary/aromatic N) is 3. The zero-order valence-electron chi connectivity index (χ0n) is 19.7. The van der Waals surface area contributed by atoms with Crippen LogP contribution < -0.4 is 0 Å². The van der Waals surface area contributed by atoms with Crippen LogP contribution in [0.2, 0.25) is 0 Å². The van der Waals surface area contributed by atoms with E-state index in [1.807, 2.05) is 0 Å². The van der Waals surface area contributed by atoms with Gasteiger partial charge in [0.2, 0.25) is 5.91 Å². The number of hydrogen-bond acceptors (Lipinski definition) is 5. The largest absolute Gasteiger partial charge is 0.341 e. The Morgan fingerprint density at radius 2 is 1.69 bits per heavy atom. The Hall–Kier alpha value is -3.81. The van der Waals surface area contributed by atoms with Gasteiger partial charge in [0.05, 0.1) is 12.4 Å². The Morgan fingerprint density at radius 3 is 2.31 bits per heavy atom. The number of aryl methyl sites for hydroxylation is 2. The molecule has 2 atom stereocenters. The second-order valence-corrected chi connectivity index (χ2v) is 9.04. The molecular weight excluding hydrogens is 452 g/mol. The van der Waals surface area contributed by atoms with Gasteiger partial charge in [0.25, 0.3) is 0 Å². The van der Waals surface area contributed by atoms with Crippen LogP contribution >= 0.6 is 0 Å². The van der Waals surface area contributed by atoms with Gasteiger partial charge in [0.1, 0.15) is 17.5 Å². The summed E-state index contributed by atoms with van der Waals surface area (Å²) in [6, 6.07) is 9.54. The first-order valence-electron chi connectivity index (χ1n) is 11.3. The molecule has 6 nitrogen and oxygen atoms in total. The highest BCUT2D eigenvalue weighted by Gasteiger charge is 2.44. The molecular formula is C27H25F2N3O3. The van der Waals surface area contributed by atoms with E-state index in [9.17, 15) is 23.2 Å². The Balaban J connectivity index is 1.50. The van der Waals surface area contributed by atoms with Crippen LogP contribution in [-0.2, 0) is 20.9 Å². The molecule has 2 aromatic carbocycles.